The summed E-state index contributed by atoms with van der Waals surface area (Å²) in [5.41, 5.74) is 0. The van der Waals surface area contributed by atoms with E-state index in [1.165, 1.54) is 0 Å². The summed E-state index contributed by atoms with van der Waals surface area (Å²) < 4.78 is 5.65. The lowest BCUT2D eigenvalue weighted by Crippen LogP contribution is -2.29. The number of furan rings is 1. The van der Waals surface area contributed by atoms with Crippen molar-refractivity contribution in [3.63, 3.8) is 0 Å². The van der Waals surface area contributed by atoms with Crippen molar-refractivity contribution in [3.8, 4) is 0 Å². The lowest BCUT2D eigenvalue weighted by Gasteiger charge is -2.04. The summed E-state index contributed by atoms with van der Waals surface area (Å²) in [6, 6.07) is 2.98. The highest BCUT2D eigenvalue weighted by Crippen LogP contribution is 2.17. The first-order chi connectivity index (χ1) is 8.58. The zero-order chi connectivity index (χ0) is 13.4. The van der Waals surface area contributed by atoms with Gasteiger partial charge in [-0.25, -0.2) is 4.79 Å². The molecule has 0 fully saturated rings. The molecule has 0 aliphatic carbocycles. The number of carbonyl (C=O) groups is 2. The molecule has 2 amide bonds. The van der Waals surface area contributed by atoms with Gasteiger partial charge < -0.3 is 14.8 Å². The molecule has 0 bridgehead atoms. The number of carboxylic acids is 1. The smallest absolute Gasteiger partial charge is 0.321 e. The van der Waals surface area contributed by atoms with Crippen LogP contribution in [-0.2, 0) is 4.79 Å². The van der Waals surface area contributed by atoms with E-state index in [1.807, 2.05) is 0 Å². The summed E-state index contributed by atoms with van der Waals surface area (Å²) in [6.07, 6.45) is 2.33. The molecule has 1 aromatic heterocycles. The molecule has 0 aliphatic heterocycles. The van der Waals surface area contributed by atoms with E-state index in [2.05, 4.69) is 26.6 Å². The normalized spacial score (nSPS) is 10.1. The molecule has 18 heavy (non-hydrogen) atoms. The standard InChI is InChI=1S/C11H15BrN2O4/c12-8-5-6-9(18-8)14-11(17)13-7-3-1-2-4-10(15)16/h5-6H,1-4,7H2,(H,15,16)(H2,13,14,17). The Labute approximate surface area is 113 Å². The Hall–Kier alpha value is -1.50. The Morgan fingerprint density at radius 3 is 2.67 bits per heavy atom. The van der Waals surface area contributed by atoms with Gasteiger partial charge in [0.25, 0.3) is 0 Å². The number of aliphatic carboxylic acids is 1. The molecule has 7 heteroatoms. The molecule has 0 spiro atoms. The third kappa shape index (κ3) is 6.29. The molecular formula is C11H15BrN2O4. The van der Waals surface area contributed by atoms with Crippen molar-refractivity contribution in [2.45, 2.75) is 25.7 Å². The SMILES string of the molecule is O=C(O)CCCCCNC(=O)Nc1ccc(Br)o1. The maximum Gasteiger partial charge on any atom is 0.321 e. The fourth-order valence-corrected chi connectivity index (χ4v) is 1.62. The number of carbonyl (C=O) groups excluding carboxylic acids is 1. The maximum atomic E-state index is 11.4. The van der Waals surface area contributed by atoms with Gasteiger partial charge in [-0.15, -0.1) is 0 Å². The predicted molar refractivity (Wildman–Crippen MR) is 69.5 cm³/mol. The van der Waals surface area contributed by atoms with Crippen LogP contribution < -0.4 is 10.6 Å². The molecule has 0 unspecified atom stereocenters. The molecular weight excluding hydrogens is 304 g/mol. The first kappa shape index (κ1) is 14.6. The van der Waals surface area contributed by atoms with E-state index in [0.717, 1.165) is 12.8 Å². The van der Waals surface area contributed by atoms with E-state index in [4.69, 9.17) is 9.52 Å². The number of hydrogen-bond acceptors (Lipinski definition) is 3. The zero-order valence-electron chi connectivity index (χ0n) is 9.74. The topological polar surface area (TPSA) is 91.6 Å². The molecule has 3 N–H and O–H groups in total. The number of anilines is 1. The number of hydrogen-bond donors (Lipinski definition) is 3. The molecule has 0 aromatic carbocycles. The van der Waals surface area contributed by atoms with Crippen molar-refractivity contribution in [1.82, 2.24) is 5.32 Å². The van der Waals surface area contributed by atoms with Gasteiger partial charge in [0, 0.05) is 19.0 Å². The quantitative estimate of drug-likeness (QED) is 0.674. The van der Waals surface area contributed by atoms with Crippen LogP contribution in [0.2, 0.25) is 0 Å². The molecule has 0 aliphatic rings. The van der Waals surface area contributed by atoms with Crippen LogP contribution in [0.4, 0.5) is 10.7 Å². The minimum Gasteiger partial charge on any atom is -0.481 e. The van der Waals surface area contributed by atoms with Gasteiger partial charge in [-0.1, -0.05) is 6.42 Å². The second-order valence-corrected chi connectivity index (χ2v) is 4.47. The van der Waals surface area contributed by atoms with Crippen LogP contribution in [0, 0.1) is 0 Å². The molecule has 0 atom stereocenters. The highest BCUT2D eigenvalue weighted by molar-refractivity contribution is 9.10. The number of unbranched alkanes of at least 4 members (excludes halogenated alkanes) is 2. The number of urea groups is 1. The highest BCUT2D eigenvalue weighted by atomic mass is 79.9. The fraction of sp³-hybridized carbons (Fsp3) is 0.455. The fourth-order valence-electron chi connectivity index (χ4n) is 1.32. The Morgan fingerprint density at radius 1 is 1.28 bits per heavy atom. The maximum absolute atomic E-state index is 11.4. The van der Waals surface area contributed by atoms with E-state index in [1.54, 1.807) is 12.1 Å². The van der Waals surface area contributed by atoms with Gasteiger partial charge in [0.15, 0.2) is 4.67 Å². The number of carboxylic acid groups (broad SMARTS) is 1. The average molecular weight is 319 g/mol. The van der Waals surface area contributed by atoms with Gasteiger partial charge in [0.05, 0.1) is 0 Å². The molecule has 100 valence electrons. The molecule has 0 saturated carbocycles. The largest absolute Gasteiger partial charge is 0.481 e. The van der Waals surface area contributed by atoms with E-state index in [9.17, 15) is 9.59 Å². The third-order valence-corrected chi connectivity index (χ3v) is 2.59. The predicted octanol–water partition coefficient (Wildman–Crippen LogP) is 2.81. The van der Waals surface area contributed by atoms with E-state index in [0.29, 0.717) is 23.5 Å². The van der Waals surface area contributed by atoms with E-state index >= 15 is 0 Å². The van der Waals surface area contributed by atoms with Crippen LogP contribution in [-0.4, -0.2) is 23.7 Å². The van der Waals surface area contributed by atoms with E-state index < -0.39 is 5.97 Å². The van der Waals surface area contributed by atoms with E-state index in [-0.39, 0.29) is 12.5 Å². The van der Waals surface area contributed by atoms with Gasteiger partial charge in [-0.2, -0.15) is 0 Å². The lowest BCUT2D eigenvalue weighted by atomic mass is 10.2. The number of rotatable bonds is 7. The highest BCUT2D eigenvalue weighted by Gasteiger charge is 2.04. The molecule has 0 radical (unpaired) electrons. The first-order valence-corrected chi connectivity index (χ1v) is 6.39. The first-order valence-electron chi connectivity index (χ1n) is 5.60. The second kappa shape index (κ2) is 7.75. The molecule has 6 nitrogen and oxygen atoms in total. The van der Waals surface area contributed by atoms with Crippen molar-refractivity contribution < 1.29 is 19.1 Å². The summed E-state index contributed by atoms with van der Waals surface area (Å²) in [7, 11) is 0. The van der Waals surface area contributed by atoms with Crippen LogP contribution in [0.5, 0.6) is 0 Å². The van der Waals surface area contributed by atoms with Crippen LogP contribution in [0.15, 0.2) is 21.2 Å². The average Bonchev–Trinajstić information content (AvgIpc) is 2.68. The monoisotopic (exact) mass is 318 g/mol. The summed E-state index contributed by atoms with van der Waals surface area (Å²) in [4.78, 5) is 21.6. The molecule has 1 rings (SSSR count). The van der Waals surface area contributed by atoms with Crippen molar-refractivity contribution in [1.29, 1.82) is 0 Å². The Kier molecular flexibility index (Phi) is 6.27. The van der Waals surface area contributed by atoms with Crippen molar-refractivity contribution in [2.24, 2.45) is 0 Å². The Bertz CT molecular complexity index is 406. The van der Waals surface area contributed by atoms with Crippen LogP contribution in [0.25, 0.3) is 0 Å². The van der Waals surface area contributed by atoms with Gasteiger partial charge in [0.1, 0.15) is 0 Å². The third-order valence-electron chi connectivity index (χ3n) is 2.16. The van der Waals surface area contributed by atoms with Gasteiger partial charge >= 0.3 is 12.0 Å². The number of halogens is 1. The van der Waals surface area contributed by atoms with Gasteiger partial charge in [0.2, 0.25) is 5.88 Å². The Balaban J connectivity index is 2.05. The van der Waals surface area contributed by atoms with Crippen molar-refractivity contribution in [2.75, 3.05) is 11.9 Å². The molecule has 1 heterocycles. The molecule has 1 aromatic rings. The number of amides is 2. The van der Waals surface area contributed by atoms with Crippen LogP contribution in [0.1, 0.15) is 25.7 Å². The number of nitrogens with one attached hydrogen (secondary N) is 2. The summed E-state index contributed by atoms with van der Waals surface area (Å²) >= 11 is 3.13. The van der Waals surface area contributed by atoms with Crippen molar-refractivity contribution in [3.05, 3.63) is 16.8 Å². The minimum absolute atomic E-state index is 0.173. The molecule has 0 saturated heterocycles. The van der Waals surface area contributed by atoms with Crippen molar-refractivity contribution >= 4 is 33.8 Å². The van der Waals surface area contributed by atoms with Crippen LogP contribution >= 0.6 is 15.9 Å². The van der Waals surface area contributed by atoms with Crippen LogP contribution in [0.3, 0.4) is 0 Å². The minimum atomic E-state index is -0.788. The summed E-state index contributed by atoms with van der Waals surface area (Å²) in [5.74, 6) is -0.422. The zero-order valence-corrected chi connectivity index (χ0v) is 11.3. The second-order valence-electron chi connectivity index (χ2n) is 3.69. The summed E-state index contributed by atoms with van der Waals surface area (Å²) in [5, 5.41) is 13.6. The summed E-state index contributed by atoms with van der Waals surface area (Å²) in [6.45, 7) is 0.507. The lowest BCUT2D eigenvalue weighted by molar-refractivity contribution is -0.137. The van der Waals surface area contributed by atoms with Gasteiger partial charge in [-0.3, -0.25) is 10.1 Å². The Morgan fingerprint density at radius 2 is 2.06 bits per heavy atom. The van der Waals surface area contributed by atoms with Gasteiger partial charge in [-0.05, 0) is 34.8 Å².